The smallest absolute Gasteiger partial charge is 0.303 e. The number of aromatic nitrogens is 4. The molecule has 0 radical (unpaired) electrons. The number of carboxylic acids is 1. The number of carbonyl (C=O) groups excluding carboxylic acids is 1. The fourth-order valence-electron chi connectivity index (χ4n) is 4.44. The number of carboxylic acid groups (broad SMARTS) is 1. The first-order chi connectivity index (χ1) is 19.4. The van der Waals surface area contributed by atoms with Gasteiger partial charge >= 0.3 is 5.97 Å². The molecule has 3 aromatic rings. The standard InChI is InChI=1S/C28H35N5O6S/c1-33-28(30-31-32-33)40-18-23-16-24(20-13-11-19(17-34)12-14-20)39-27(38-23)21-7-6-8-22(15-21)29-25(35)9-4-2-3-5-10-26(36)37/h6-8,11-15,23-24,27,34H,2-5,9-10,16-18H2,1H3,(H,29,35)(H,36,37)/t23-,24+,27+/m1/s1. The van der Waals surface area contributed by atoms with Gasteiger partial charge in [0, 0.05) is 43.3 Å². The second-order valence-electron chi connectivity index (χ2n) is 9.73. The number of aliphatic hydroxyl groups is 1. The Hall–Kier alpha value is -3.32. The number of tetrazole rings is 1. The lowest BCUT2D eigenvalue weighted by Gasteiger charge is -2.36. The molecule has 1 amide bonds. The lowest BCUT2D eigenvalue weighted by Crippen LogP contribution is -2.31. The lowest BCUT2D eigenvalue weighted by atomic mass is 10.0. The first kappa shape index (κ1) is 29.7. The van der Waals surface area contributed by atoms with Crippen molar-refractivity contribution in [1.29, 1.82) is 0 Å². The second-order valence-corrected chi connectivity index (χ2v) is 10.7. The summed E-state index contributed by atoms with van der Waals surface area (Å²) in [5, 5.41) is 33.4. The molecule has 4 rings (SSSR count). The Balaban J connectivity index is 1.40. The van der Waals surface area contributed by atoms with E-state index in [1.165, 1.54) is 11.8 Å². The Morgan fingerprint density at radius 3 is 2.52 bits per heavy atom. The van der Waals surface area contributed by atoms with Gasteiger partial charge in [-0.1, -0.05) is 61.0 Å². The molecule has 0 bridgehead atoms. The van der Waals surface area contributed by atoms with E-state index in [0.29, 0.717) is 42.3 Å². The molecule has 11 nitrogen and oxygen atoms in total. The molecule has 2 heterocycles. The Morgan fingerprint density at radius 2 is 1.82 bits per heavy atom. The number of aryl methyl sites for hydroxylation is 1. The summed E-state index contributed by atoms with van der Waals surface area (Å²) in [6, 6.07) is 15.2. The molecule has 0 spiro atoms. The minimum Gasteiger partial charge on any atom is -0.481 e. The Bertz CT molecular complexity index is 1250. The number of aliphatic hydroxyl groups excluding tert-OH is 1. The number of nitrogens with zero attached hydrogens (tertiary/aromatic N) is 4. The minimum atomic E-state index is -0.790. The summed E-state index contributed by atoms with van der Waals surface area (Å²) < 4.78 is 14.4. The van der Waals surface area contributed by atoms with Crippen LogP contribution in [0, 0.1) is 0 Å². The predicted molar refractivity (Wildman–Crippen MR) is 148 cm³/mol. The molecule has 0 aliphatic carbocycles. The van der Waals surface area contributed by atoms with Gasteiger partial charge in [0.25, 0.3) is 0 Å². The van der Waals surface area contributed by atoms with Gasteiger partial charge in [0.2, 0.25) is 11.1 Å². The molecule has 3 atom stereocenters. The van der Waals surface area contributed by atoms with Crippen molar-refractivity contribution in [2.45, 2.75) is 75.2 Å². The van der Waals surface area contributed by atoms with Crippen LogP contribution in [0.3, 0.4) is 0 Å². The third kappa shape index (κ3) is 8.85. The molecule has 1 aliphatic heterocycles. The van der Waals surface area contributed by atoms with E-state index < -0.39 is 12.3 Å². The van der Waals surface area contributed by atoms with E-state index in [-0.39, 0.29) is 31.1 Å². The zero-order valence-corrected chi connectivity index (χ0v) is 23.3. The van der Waals surface area contributed by atoms with Gasteiger partial charge in [0.1, 0.15) is 0 Å². The van der Waals surface area contributed by atoms with E-state index in [1.807, 2.05) is 48.5 Å². The number of hydrogen-bond donors (Lipinski definition) is 3. The summed E-state index contributed by atoms with van der Waals surface area (Å²) in [5.41, 5.74) is 3.27. The zero-order chi connectivity index (χ0) is 28.3. The Kier molecular flexibility index (Phi) is 11.0. The lowest BCUT2D eigenvalue weighted by molar-refractivity contribution is -0.245. The predicted octanol–water partition coefficient (Wildman–Crippen LogP) is 4.40. The van der Waals surface area contributed by atoms with Crippen molar-refractivity contribution in [2.24, 2.45) is 7.05 Å². The van der Waals surface area contributed by atoms with Gasteiger partial charge in [-0.15, -0.1) is 5.10 Å². The molecule has 1 fully saturated rings. The summed E-state index contributed by atoms with van der Waals surface area (Å²) in [5.74, 6) is -0.251. The molecular weight excluding hydrogens is 534 g/mol. The number of carbonyl (C=O) groups is 2. The number of thioether (sulfide) groups is 1. The van der Waals surface area contributed by atoms with Crippen LogP contribution in [0.15, 0.2) is 53.7 Å². The van der Waals surface area contributed by atoms with Crippen molar-refractivity contribution < 1.29 is 29.3 Å². The van der Waals surface area contributed by atoms with Crippen LogP contribution in [0.5, 0.6) is 0 Å². The summed E-state index contributed by atoms with van der Waals surface area (Å²) >= 11 is 1.51. The van der Waals surface area contributed by atoms with E-state index in [9.17, 15) is 14.7 Å². The number of nitrogens with one attached hydrogen (secondary N) is 1. The topological polar surface area (TPSA) is 149 Å². The van der Waals surface area contributed by atoms with Crippen LogP contribution in [0.2, 0.25) is 0 Å². The highest BCUT2D eigenvalue weighted by atomic mass is 32.2. The number of amides is 1. The number of aliphatic carboxylic acids is 1. The quantitative estimate of drug-likeness (QED) is 0.188. The maximum atomic E-state index is 12.5. The Labute approximate surface area is 237 Å². The zero-order valence-electron chi connectivity index (χ0n) is 22.4. The van der Waals surface area contributed by atoms with Crippen molar-refractivity contribution >= 4 is 29.3 Å². The van der Waals surface area contributed by atoms with E-state index in [0.717, 1.165) is 29.5 Å². The van der Waals surface area contributed by atoms with Crippen LogP contribution < -0.4 is 5.32 Å². The SMILES string of the molecule is Cn1nnnc1SC[C@H]1C[C@@H](c2ccc(CO)cc2)O[C@@H](c2cccc(NC(=O)CCCCCCC(=O)O)c2)O1. The molecule has 1 saturated heterocycles. The third-order valence-electron chi connectivity index (χ3n) is 6.58. The number of hydrogen-bond acceptors (Lipinski definition) is 9. The van der Waals surface area contributed by atoms with Gasteiger partial charge < -0.3 is 25.0 Å². The highest BCUT2D eigenvalue weighted by Crippen LogP contribution is 2.39. The van der Waals surface area contributed by atoms with Crippen molar-refractivity contribution in [1.82, 2.24) is 20.2 Å². The van der Waals surface area contributed by atoms with Gasteiger partial charge in [0.15, 0.2) is 6.29 Å². The van der Waals surface area contributed by atoms with Crippen LogP contribution in [0.1, 0.15) is 74.0 Å². The van der Waals surface area contributed by atoms with Gasteiger partial charge in [0.05, 0.1) is 18.8 Å². The van der Waals surface area contributed by atoms with Gasteiger partial charge in [-0.05, 0) is 46.5 Å². The summed E-state index contributed by atoms with van der Waals surface area (Å²) in [6.45, 7) is -0.0220. The van der Waals surface area contributed by atoms with Crippen LogP contribution in [0.25, 0.3) is 0 Å². The molecule has 40 heavy (non-hydrogen) atoms. The van der Waals surface area contributed by atoms with Crippen LogP contribution in [-0.2, 0) is 32.7 Å². The molecule has 12 heteroatoms. The third-order valence-corrected chi connectivity index (χ3v) is 7.72. The van der Waals surface area contributed by atoms with Crippen LogP contribution in [0.4, 0.5) is 5.69 Å². The van der Waals surface area contributed by atoms with Crippen LogP contribution in [-0.4, -0.2) is 54.2 Å². The maximum Gasteiger partial charge on any atom is 0.303 e. The molecule has 3 N–H and O–H groups in total. The number of rotatable bonds is 14. The summed E-state index contributed by atoms with van der Waals surface area (Å²) in [4.78, 5) is 23.1. The molecule has 2 aromatic carbocycles. The van der Waals surface area contributed by atoms with Crippen molar-refractivity contribution in [3.05, 3.63) is 65.2 Å². The fourth-order valence-corrected chi connectivity index (χ4v) is 5.30. The molecule has 0 unspecified atom stereocenters. The molecule has 1 aromatic heterocycles. The average Bonchev–Trinajstić information content (AvgIpc) is 3.38. The highest BCUT2D eigenvalue weighted by molar-refractivity contribution is 7.99. The monoisotopic (exact) mass is 569 g/mol. The van der Waals surface area contributed by atoms with Crippen molar-refractivity contribution in [3.8, 4) is 0 Å². The van der Waals surface area contributed by atoms with Gasteiger partial charge in [-0.25, -0.2) is 4.68 Å². The summed E-state index contributed by atoms with van der Waals surface area (Å²) in [7, 11) is 1.79. The largest absolute Gasteiger partial charge is 0.481 e. The van der Waals surface area contributed by atoms with Gasteiger partial charge in [-0.3, -0.25) is 9.59 Å². The van der Waals surface area contributed by atoms with E-state index in [4.69, 9.17) is 14.6 Å². The van der Waals surface area contributed by atoms with E-state index in [2.05, 4.69) is 20.8 Å². The number of benzene rings is 2. The Morgan fingerprint density at radius 1 is 1.05 bits per heavy atom. The average molecular weight is 570 g/mol. The summed E-state index contributed by atoms with van der Waals surface area (Å²) in [6.07, 6.45) is 3.08. The van der Waals surface area contributed by atoms with Gasteiger partial charge in [-0.2, -0.15) is 0 Å². The second kappa shape index (κ2) is 14.9. The molecule has 0 saturated carbocycles. The number of ether oxygens (including phenoxy) is 2. The maximum absolute atomic E-state index is 12.5. The first-order valence-corrected chi connectivity index (χ1v) is 14.4. The molecule has 1 aliphatic rings. The van der Waals surface area contributed by atoms with Crippen molar-refractivity contribution in [3.63, 3.8) is 0 Å². The minimum absolute atomic E-state index is 0.0220. The van der Waals surface area contributed by atoms with E-state index >= 15 is 0 Å². The number of unbranched alkanes of at least 4 members (excludes halogenated alkanes) is 3. The van der Waals surface area contributed by atoms with Crippen LogP contribution >= 0.6 is 11.8 Å². The molecular formula is C28H35N5O6S. The first-order valence-electron chi connectivity index (χ1n) is 13.4. The normalized spacial score (nSPS) is 18.9. The fraction of sp³-hybridized carbons (Fsp3) is 0.464. The van der Waals surface area contributed by atoms with E-state index in [1.54, 1.807) is 11.7 Å². The number of anilines is 1. The highest BCUT2D eigenvalue weighted by Gasteiger charge is 2.32. The van der Waals surface area contributed by atoms with Crippen molar-refractivity contribution in [2.75, 3.05) is 11.1 Å². The molecule has 214 valence electrons.